The van der Waals surface area contributed by atoms with Crippen molar-refractivity contribution in [3.63, 3.8) is 0 Å². The molecule has 74 heavy (non-hydrogen) atoms. The predicted octanol–water partition coefficient (Wildman–Crippen LogP) is 8.14. The molecule has 2 saturated heterocycles. The van der Waals surface area contributed by atoms with Crippen molar-refractivity contribution < 1.29 is 51.7 Å². The largest absolute Gasteiger partial charge is 0.494 e. The summed E-state index contributed by atoms with van der Waals surface area (Å²) in [6.45, 7) is 11.1. The number of aliphatic hydroxyl groups is 1. The first kappa shape index (κ1) is 54.8. The van der Waals surface area contributed by atoms with E-state index < -0.39 is 70.1 Å². The van der Waals surface area contributed by atoms with Crippen molar-refractivity contribution in [3.05, 3.63) is 124 Å². The van der Waals surface area contributed by atoms with Crippen LogP contribution in [0.1, 0.15) is 75.4 Å². The molecule has 2 fully saturated rings. The van der Waals surface area contributed by atoms with Gasteiger partial charge in [-0.15, -0.1) is 11.3 Å². The fraction of sp³-hybridized carbons (Fsp3) is 0.389. The molecule has 390 valence electrons. The number of hydrogen-bond acceptors (Lipinski definition) is 12. The molecule has 15 nitrogen and oxygen atoms in total. The molecular weight excluding hydrogens is 996 g/mol. The van der Waals surface area contributed by atoms with Crippen LogP contribution in [0.3, 0.4) is 0 Å². The summed E-state index contributed by atoms with van der Waals surface area (Å²) in [4.78, 5) is 63.6. The molecule has 0 aliphatic carbocycles. The standard InChI is InChI=1S/C54H58F3N7O8S2/c1-33-46(74-32-60-33)36-14-12-35(13-15-36)29-59-48(67)44-27-40(65)30-62(44)49(68)47(52(2,3)4)61-45(66)31-70-23-24-72-42-11-7-9-34(25-42)10-8-22-71-41-20-18-38(19-21-41)64-51(73)63(50(69)53(64,5)6)39-17-16-37(28-58)43(26-39)54(55,56)57/h7,9,11-21,25-26,32,40,44,47,65H,8,10,22-24,27,29-31H2,1-6H3,(H,59,67)(H,61,66)/t40-,44+,47?/m1/s1. The summed E-state index contributed by atoms with van der Waals surface area (Å²) >= 11 is 7.20. The minimum Gasteiger partial charge on any atom is -0.494 e. The molecule has 0 spiro atoms. The average molecular weight is 1050 g/mol. The van der Waals surface area contributed by atoms with Crippen LogP contribution in [0.25, 0.3) is 10.4 Å². The first-order valence-electron chi connectivity index (χ1n) is 23.9. The number of hydrogen-bond donors (Lipinski definition) is 3. The number of thiazole rings is 1. The Balaban J connectivity index is 0.828. The number of aliphatic hydroxyl groups excluding tert-OH is 1. The van der Waals surface area contributed by atoms with Gasteiger partial charge in [0.25, 0.3) is 5.91 Å². The van der Waals surface area contributed by atoms with E-state index >= 15 is 0 Å². The minimum absolute atomic E-state index is 0.00957. The maximum absolute atomic E-state index is 14.0. The van der Waals surface area contributed by atoms with Crippen LogP contribution in [0, 0.1) is 23.7 Å². The Kier molecular flexibility index (Phi) is 17.1. The highest BCUT2D eigenvalue weighted by Crippen LogP contribution is 2.40. The van der Waals surface area contributed by atoms with Gasteiger partial charge in [0.05, 0.1) is 58.3 Å². The number of rotatable bonds is 19. The first-order chi connectivity index (χ1) is 35.1. The summed E-state index contributed by atoms with van der Waals surface area (Å²) < 4.78 is 58.8. The summed E-state index contributed by atoms with van der Waals surface area (Å²) in [5.41, 5.74) is 2.41. The fourth-order valence-electron chi connectivity index (χ4n) is 8.77. The van der Waals surface area contributed by atoms with E-state index in [0.717, 1.165) is 44.3 Å². The second kappa shape index (κ2) is 23.1. The fourth-order valence-corrected chi connectivity index (χ4v) is 10.1. The number of thiocarbonyl (C=S) groups is 1. The van der Waals surface area contributed by atoms with Crippen molar-refractivity contribution in [1.82, 2.24) is 20.5 Å². The molecule has 1 aromatic heterocycles. The molecule has 3 atom stereocenters. The van der Waals surface area contributed by atoms with Gasteiger partial charge in [0, 0.05) is 25.2 Å². The van der Waals surface area contributed by atoms with E-state index in [9.17, 15) is 42.7 Å². The third-order valence-corrected chi connectivity index (χ3v) is 14.0. The zero-order valence-corrected chi connectivity index (χ0v) is 43.5. The first-order valence-corrected chi connectivity index (χ1v) is 25.2. The lowest BCUT2D eigenvalue weighted by atomic mass is 9.85. The maximum Gasteiger partial charge on any atom is 0.417 e. The van der Waals surface area contributed by atoms with Crippen LogP contribution < -0.4 is 29.9 Å². The van der Waals surface area contributed by atoms with Crippen LogP contribution in [0.15, 0.2) is 96.5 Å². The summed E-state index contributed by atoms with van der Waals surface area (Å²) in [5.74, 6) is -0.748. The van der Waals surface area contributed by atoms with E-state index in [4.69, 9.17) is 26.4 Å². The quantitative estimate of drug-likeness (QED) is 0.0533. The number of carbonyl (C=O) groups excluding carboxylic acids is 4. The minimum atomic E-state index is -4.81. The van der Waals surface area contributed by atoms with Crippen molar-refractivity contribution in [2.45, 2.75) is 97.3 Å². The van der Waals surface area contributed by atoms with Crippen LogP contribution in [0.4, 0.5) is 24.5 Å². The number of nitrogens with one attached hydrogen (secondary N) is 2. The van der Waals surface area contributed by atoms with Crippen LogP contribution >= 0.6 is 23.6 Å². The molecule has 3 N–H and O–H groups in total. The molecule has 20 heteroatoms. The Labute approximate surface area is 437 Å². The van der Waals surface area contributed by atoms with Gasteiger partial charge in [-0.3, -0.25) is 24.1 Å². The number of benzene rings is 4. The number of carbonyl (C=O) groups is 4. The van der Waals surface area contributed by atoms with Crippen molar-refractivity contribution in [1.29, 1.82) is 5.26 Å². The van der Waals surface area contributed by atoms with Crippen LogP contribution in [0.2, 0.25) is 0 Å². The molecular formula is C54H58F3N7O8S2. The topological polar surface area (TPSA) is 187 Å². The molecule has 4 amide bonds. The number of halogens is 3. The summed E-state index contributed by atoms with van der Waals surface area (Å²) in [6, 6.07) is 24.9. The van der Waals surface area contributed by atoms with Gasteiger partial charge in [-0.1, -0.05) is 57.2 Å². The number of nitrogens with zero attached hydrogens (tertiary/aromatic N) is 5. The van der Waals surface area contributed by atoms with E-state index in [1.165, 1.54) is 11.0 Å². The molecule has 0 bridgehead atoms. The van der Waals surface area contributed by atoms with Crippen LogP contribution in [-0.2, 0) is 43.1 Å². The van der Waals surface area contributed by atoms with Gasteiger partial charge in [0.2, 0.25) is 17.7 Å². The summed E-state index contributed by atoms with van der Waals surface area (Å²) in [5, 5.41) is 25.5. The number of alkyl halides is 3. The molecule has 2 aliphatic heterocycles. The number of aromatic nitrogens is 1. The SMILES string of the molecule is Cc1ncsc1-c1ccc(CNC(=O)[C@@H]2C[C@@H](O)CN2C(=O)C(NC(=O)COCCOc2cccc(CCCOc3ccc(N4C(=S)N(c5ccc(C#N)c(C(F)(F)F)c5)C(=O)C4(C)C)cc3)c2)C(C)(C)C)cc1. The number of amides is 4. The van der Waals surface area contributed by atoms with E-state index in [-0.39, 0.29) is 50.1 Å². The van der Waals surface area contributed by atoms with Gasteiger partial charge in [0.15, 0.2) is 5.11 Å². The molecule has 4 aromatic carbocycles. The van der Waals surface area contributed by atoms with Crippen molar-refractivity contribution in [2.24, 2.45) is 5.41 Å². The van der Waals surface area contributed by atoms with Gasteiger partial charge < -0.3 is 39.8 Å². The second-order valence-electron chi connectivity index (χ2n) is 19.6. The van der Waals surface area contributed by atoms with Crippen LogP contribution in [0.5, 0.6) is 11.5 Å². The molecule has 3 heterocycles. The zero-order valence-electron chi connectivity index (χ0n) is 41.8. The highest BCUT2D eigenvalue weighted by atomic mass is 32.1. The molecule has 7 rings (SSSR count). The summed E-state index contributed by atoms with van der Waals surface area (Å²) in [7, 11) is 0. The Hall–Kier alpha value is -6.92. The molecule has 1 unspecified atom stereocenters. The Morgan fingerprint density at radius 3 is 2.31 bits per heavy atom. The zero-order chi connectivity index (χ0) is 53.5. The lowest BCUT2D eigenvalue weighted by molar-refractivity contribution is -0.144. The van der Waals surface area contributed by atoms with Crippen molar-refractivity contribution >= 4 is 63.7 Å². The highest BCUT2D eigenvalue weighted by molar-refractivity contribution is 7.81. The number of ether oxygens (including phenoxy) is 3. The van der Waals surface area contributed by atoms with Crippen LogP contribution in [-0.4, -0.2) is 100 Å². The van der Waals surface area contributed by atoms with E-state index in [1.54, 1.807) is 65.9 Å². The van der Waals surface area contributed by atoms with Gasteiger partial charge in [-0.05, 0) is 123 Å². The number of likely N-dealkylation sites (tertiary alicyclic amines) is 1. The van der Waals surface area contributed by atoms with E-state index in [1.807, 2.05) is 76.2 Å². The lowest BCUT2D eigenvalue weighted by Gasteiger charge is -2.35. The second-order valence-corrected chi connectivity index (χ2v) is 20.8. The van der Waals surface area contributed by atoms with Gasteiger partial charge in [0.1, 0.15) is 42.3 Å². The maximum atomic E-state index is 14.0. The number of anilines is 2. The van der Waals surface area contributed by atoms with Crippen molar-refractivity contribution in [2.75, 3.05) is 42.8 Å². The molecule has 0 saturated carbocycles. The Morgan fingerprint density at radius 2 is 1.65 bits per heavy atom. The lowest BCUT2D eigenvalue weighted by Crippen LogP contribution is -2.58. The van der Waals surface area contributed by atoms with Gasteiger partial charge >= 0.3 is 6.18 Å². The van der Waals surface area contributed by atoms with E-state index in [2.05, 4.69) is 15.6 Å². The third kappa shape index (κ3) is 12.9. The van der Waals surface area contributed by atoms with Gasteiger partial charge in [-0.2, -0.15) is 18.4 Å². The smallest absolute Gasteiger partial charge is 0.417 e. The normalized spacial score (nSPS) is 17.0. The monoisotopic (exact) mass is 1050 g/mol. The highest BCUT2D eigenvalue weighted by Gasteiger charge is 2.51. The van der Waals surface area contributed by atoms with E-state index in [0.29, 0.717) is 36.6 Å². The molecule has 0 radical (unpaired) electrons. The third-order valence-electron chi connectivity index (χ3n) is 12.7. The predicted molar refractivity (Wildman–Crippen MR) is 277 cm³/mol. The number of nitriles is 1. The average Bonchev–Trinajstić information content (AvgIpc) is 4.02. The number of aryl methyl sites for hydroxylation is 2. The number of β-amino-alcohol motifs (C(OH)–C–C–N with tert-alkyl or cyclic N) is 1. The Bertz CT molecular complexity index is 2900. The summed E-state index contributed by atoms with van der Waals surface area (Å²) in [6.07, 6.45) is -4.31. The molecule has 2 aliphatic rings. The molecule has 5 aromatic rings. The Morgan fingerprint density at radius 1 is 0.946 bits per heavy atom. The van der Waals surface area contributed by atoms with Gasteiger partial charge in [-0.25, -0.2) is 4.98 Å². The van der Waals surface area contributed by atoms with Crippen molar-refractivity contribution in [3.8, 4) is 28.0 Å².